The summed E-state index contributed by atoms with van der Waals surface area (Å²) in [7, 11) is 0. The van der Waals surface area contributed by atoms with Crippen molar-refractivity contribution in [2.75, 3.05) is 12.3 Å². The number of para-hydroxylation sites is 1. The molecule has 0 saturated heterocycles. The average molecular weight is 284 g/mol. The molecular formula is C16H16N2O3. The lowest BCUT2D eigenvalue weighted by molar-refractivity contribution is 0.0933. The van der Waals surface area contributed by atoms with Gasteiger partial charge in [-0.3, -0.25) is 4.79 Å². The van der Waals surface area contributed by atoms with E-state index in [1.807, 2.05) is 24.3 Å². The molecule has 108 valence electrons. The van der Waals surface area contributed by atoms with Crippen LogP contribution in [-0.4, -0.2) is 23.7 Å². The molecule has 2 aromatic rings. The number of phenols is 1. The molecule has 0 aliphatic carbocycles. The molecule has 1 aliphatic heterocycles. The fourth-order valence-corrected chi connectivity index (χ4v) is 2.36. The Morgan fingerprint density at radius 1 is 1.33 bits per heavy atom. The van der Waals surface area contributed by atoms with E-state index in [2.05, 4.69) is 5.32 Å². The van der Waals surface area contributed by atoms with Crippen LogP contribution in [0.1, 0.15) is 15.9 Å². The lowest BCUT2D eigenvalue weighted by atomic mass is 10.1. The summed E-state index contributed by atoms with van der Waals surface area (Å²) in [6.45, 7) is 0.415. The second-order valence-electron chi connectivity index (χ2n) is 5.04. The minimum absolute atomic E-state index is 0.0614. The first kappa shape index (κ1) is 13.3. The summed E-state index contributed by atoms with van der Waals surface area (Å²) in [6, 6.07) is 12.3. The van der Waals surface area contributed by atoms with Crippen LogP contribution in [0.15, 0.2) is 42.5 Å². The molecule has 0 bridgehead atoms. The number of rotatable bonds is 3. The van der Waals surface area contributed by atoms with Crippen molar-refractivity contribution in [2.24, 2.45) is 0 Å². The zero-order chi connectivity index (χ0) is 14.8. The van der Waals surface area contributed by atoms with E-state index < -0.39 is 0 Å². The topological polar surface area (TPSA) is 84.6 Å². The Morgan fingerprint density at radius 2 is 2.14 bits per heavy atom. The van der Waals surface area contributed by atoms with Crippen molar-refractivity contribution in [3.63, 3.8) is 0 Å². The summed E-state index contributed by atoms with van der Waals surface area (Å²) in [5.41, 5.74) is 7.29. The number of hydrogen-bond donors (Lipinski definition) is 3. The Bertz CT molecular complexity index is 660. The SMILES string of the molecule is Nc1ccc(C(=O)NCC2Cc3ccccc3O2)cc1O. The van der Waals surface area contributed by atoms with Gasteiger partial charge in [0.15, 0.2) is 0 Å². The normalized spacial score (nSPS) is 16.1. The second kappa shape index (κ2) is 5.36. The minimum atomic E-state index is -0.259. The van der Waals surface area contributed by atoms with Gasteiger partial charge in [0.2, 0.25) is 0 Å². The Labute approximate surface area is 122 Å². The zero-order valence-electron chi connectivity index (χ0n) is 11.4. The number of nitrogens with one attached hydrogen (secondary N) is 1. The highest BCUT2D eigenvalue weighted by molar-refractivity contribution is 5.95. The molecule has 1 unspecified atom stereocenters. The highest BCUT2D eigenvalue weighted by Crippen LogP contribution is 2.27. The van der Waals surface area contributed by atoms with Gasteiger partial charge in [0.25, 0.3) is 5.91 Å². The van der Waals surface area contributed by atoms with E-state index in [4.69, 9.17) is 10.5 Å². The van der Waals surface area contributed by atoms with Crippen molar-refractivity contribution in [3.05, 3.63) is 53.6 Å². The van der Waals surface area contributed by atoms with Crippen LogP contribution in [0.25, 0.3) is 0 Å². The summed E-state index contributed by atoms with van der Waals surface area (Å²) in [4.78, 5) is 12.0. The number of aromatic hydroxyl groups is 1. The third-order valence-corrected chi connectivity index (χ3v) is 3.50. The van der Waals surface area contributed by atoms with Gasteiger partial charge in [-0.1, -0.05) is 18.2 Å². The largest absolute Gasteiger partial charge is 0.506 e. The standard InChI is InChI=1S/C16H16N2O3/c17-13-6-5-11(8-14(13)19)16(20)18-9-12-7-10-3-1-2-4-15(10)21-12/h1-6,8,12,19H,7,9,17H2,(H,18,20). The van der Waals surface area contributed by atoms with Gasteiger partial charge in [-0.2, -0.15) is 0 Å². The smallest absolute Gasteiger partial charge is 0.251 e. The summed E-state index contributed by atoms with van der Waals surface area (Å²) in [5.74, 6) is 0.527. The Kier molecular flexibility index (Phi) is 3.39. The van der Waals surface area contributed by atoms with Crippen LogP contribution >= 0.6 is 0 Å². The number of amides is 1. The maximum Gasteiger partial charge on any atom is 0.251 e. The van der Waals surface area contributed by atoms with Gasteiger partial charge in [-0.15, -0.1) is 0 Å². The zero-order valence-corrected chi connectivity index (χ0v) is 11.4. The van der Waals surface area contributed by atoms with Crippen LogP contribution in [0, 0.1) is 0 Å². The molecule has 0 saturated carbocycles. The van der Waals surface area contributed by atoms with Crippen molar-refractivity contribution >= 4 is 11.6 Å². The summed E-state index contributed by atoms with van der Waals surface area (Å²) in [5, 5.41) is 12.3. The van der Waals surface area contributed by atoms with Gasteiger partial charge in [0, 0.05) is 12.0 Å². The van der Waals surface area contributed by atoms with Crippen molar-refractivity contribution in [1.82, 2.24) is 5.32 Å². The molecule has 5 nitrogen and oxygen atoms in total. The van der Waals surface area contributed by atoms with Crippen molar-refractivity contribution < 1.29 is 14.6 Å². The van der Waals surface area contributed by atoms with Crippen LogP contribution in [0.4, 0.5) is 5.69 Å². The number of hydrogen-bond acceptors (Lipinski definition) is 4. The molecular weight excluding hydrogens is 268 g/mol. The van der Waals surface area contributed by atoms with Crippen LogP contribution < -0.4 is 15.8 Å². The number of nitrogen functional groups attached to an aromatic ring is 1. The predicted molar refractivity (Wildman–Crippen MR) is 79.4 cm³/mol. The summed E-state index contributed by atoms with van der Waals surface area (Å²) < 4.78 is 5.75. The fraction of sp³-hybridized carbons (Fsp3) is 0.188. The summed E-state index contributed by atoms with van der Waals surface area (Å²) in [6.07, 6.45) is 0.720. The molecule has 4 N–H and O–H groups in total. The highest BCUT2D eigenvalue weighted by Gasteiger charge is 2.22. The number of carbonyl (C=O) groups excluding carboxylic acids is 1. The number of anilines is 1. The van der Waals surface area contributed by atoms with E-state index >= 15 is 0 Å². The van der Waals surface area contributed by atoms with Crippen LogP contribution in [-0.2, 0) is 6.42 Å². The number of carbonyl (C=O) groups is 1. The number of nitrogens with two attached hydrogens (primary N) is 1. The van der Waals surface area contributed by atoms with E-state index in [9.17, 15) is 9.90 Å². The van der Waals surface area contributed by atoms with Gasteiger partial charge >= 0.3 is 0 Å². The monoisotopic (exact) mass is 284 g/mol. The van der Waals surface area contributed by atoms with Gasteiger partial charge in [-0.05, 0) is 29.8 Å². The first-order chi connectivity index (χ1) is 10.1. The fourth-order valence-electron chi connectivity index (χ4n) is 2.36. The highest BCUT2D eigenvalue weighted by atomic mass is 16.5. The number of benzene rings is 2. The quantitative estimate of drug-likeness (QED) is 0.591. The van der Waals surface area contributed by atoms with Crippen molar-refractivity contribution in [2.45, 2.75) is 12.5 Å². The molecule has 0 spiro atoms. The van der Waals surface area contributed by atoms with E-state index in [0.29, 0.717) is 12.1 Å². The molecule has 3 rings (SSSR count). The first-order valence-electron chi connectivity index (χ1n) is 6.75. The maximum absolute atomic E-state index is 12.0. The molecule has 1 heterocycles. The lowest BCUT2D eigenvalue weighted by Gasteiger charge is -2.12. The van der Waals surface area contributed by atoms with E-state index in [-0.39, 0.29) is 23.4 Å². The van der Waals surface area contributed by atoms with Gasteiger partial charge < -0.3 is 20.9 Å². The molecule has 21 heavy (non-hydrogen) atoms. The lowest BCUT2D eigenvalue weighted by Crippen LogP contribution is -2.34. The van der Waals surface area contributed by atoms with Crippen LogP contribution in [0.3, 0.4) is 0 Å². The molecule has 0 aromatic heterocycles. The molecule has 5 heteroatoms. The predicted octanol–water partition coefficient (Wildman–Crippen LogP) is 1.71. The third kappa shape index (κ3) is 2.76. The van der Waals surface area contributed by atoms with E-state index in [1.165, 1.54) is 12.1 Å². The molecule has 1 atom stereocenters. The second-order valence-corrected chi connectivity index (χ2v) is 5.04. The average Bonchev–Trinajstić information content (AvgIpc) is 2.90. The van der Waals surface area contributed by atoms with E-state index in [1.54, 1.807) is 6.07 Å². The van der Waals surface area contributed by atoms with Gasteiger partial charge in [0.1, 0.15) is 17.6 Å². The van der Waals surface area contributed by atoms with Crippen molar-refractivity contribution in [1.29, 1.82) is 0 Å². The Hall–Kier alpha value is -2.69. The molecule has 2 aromatic carbocycles. The number of phenolic OH excluding ortho intramolecular Hbond substituents is 1. The van der Waals surface area contributed by atoms with Gasteiger partial charge in [-0.25, -0.2) is 0 Å². The molecule has 1 amide bonds. The Morgan fingerprint density at radius 3 is 2.90 bits per heavy atom. The third-order valence-electron chi connectivity index (χ3n) is 3.50. The minimum Gasteiger partial charge on any atom is -0.506 e. The maximum atomic E-state index is 12.0. The van der Waals surface area contributed by atoms with Crippen LogP contribution in [0.2, 0.25) is 0 Å². The van der Waals surface area contributed by atoms with Gasteiger partial charge in [0.05, 0.1) is 12.2 Å². The molecule has 1 aliphatic rings. The number of ether oxygens (including phenoxy) is 1. The van der Waals surface area contributed by atoms with Crippen LogP contribution in [0.5, 0.6) is 11.5 Å². The van der Waals surface area contributed by atoms with Crippen molar-refractivity contribution in [3.8, 4) is 11.5 Å². The molecule has 0 fully saturated rings. The van der Waals surface area contributed by atoms with E-state index in [0.717, 1.165) is 17.7 Å². The first-order valence-corrected chi connectivity index (χ1v) is 6.75. The summed E-state index contributed by atoms with van der Waals surface area (Å²) >= 11 is 0. The molecule has 0 radical (unpaired) electrons. The number of fused-ring (bicyclic) bond motifs is 1. The Balaban J connectivity index is 1.59.